The first-order valence-corrected chi connectivity index (χ1v) is 12.8. The largest absolute Gasteiger partial charge is 0.461 e. The Kier molecular flexibility index (Phi) is 7.30. The number of carbonyl (C=O) groups is 1. The highest BCUT2D eigenvalue weighted by Gasteiger charge is 2.23. The lowest BCUT2D eigenvalue weighted by Crippen LogP contribution is -2.33. The number of fused-ring (bicyclic) bond motifs is 1. The van der Waals surface area contributed by atoms with Gasteiger partial charge < -0.3 is 19.8 Å². The summed E-state index contributed by atoms with van der Waals surface area (Å²) in [4.78, 5) is 31.0. The molecule has 0 spiro atoms. The summed E-state index contributed by atoms with van der Waals surface area (Å²) < 4.78 is 12.8. The number of rotatable bonds is 7. The number of hydrogen-bond acceptors (Lipinski definition) is 6. The third-order valence-electron chi connectivity index (χ3n) is 6.80. The Labute approximate surface area is 219 Å². The molecule has 4 aromatic rings. The zero-order valence-corrected chi connectivity index (χ0v) is 21.6. The van der Waals surface area contributed by atoms with E-state index >= 15 is 0 Å². The van der Waals surface area contributed by atoms with Gasteiger partial charge in [-0.05, 0) is 55.2 Å². The standard InChI is InChI=1S/C28H29ClN4O4/c1-3-24-17(2)21-14-20(8-9-25(21)37-24)31-28-30-15-23(32-26(34)18-10-12-36-13-11-18)27(35)33(28)16-19-6-4-5-7-22(19)29/h4-9,14-15,18H,3,10-13,16H2,1-2H3,(H,30,31)(H,32,34). The van der Waals surface area contributed by atoms with Gasteiger partial charge in [0.05, 0.1) is 12.7 Å². The predicted molar refractivity (Wildman–Crippen MR) is 145 cm³/mol. The molecule has 1 fully saturated rings. The van der Waals surface area contributed by atoms with Crippen molar-refractivity contribution < 1.29 is 13.9 Å². The van der Waals surface area contributed by atoms with Crippen LogP contribution in [0.3, 0.4) is 0 Å². The highest BCUT2D eigenvalue weighted by Crippen LogP contribution is 2.29. The summed E-state index contributed by atoms with van der Waals surface area (Å²) in [7, 11) is 0. The minimum Gasteiger partial charge on any atom is -0.461 e. The summed E-state index contributed by atoms with van der Waals surface area (Å²) in [5.41, 5.74) is 3.19. The first kappa shape index (κ1) is 25.0. The van der Waals surface area contributed by atoms with Crippen LogP contribution in [0.5, 0.6) is 0 Å². The molecule has 1 aliphatic heterocycles. The molecule has 1 aliphatic rings. The van der Waals surface area contributed by atoms with Gasteiger partial charge in [-0.3, -0.25) is 14.2 Å². The molecular weight excluding hydrogens is 492 g/mol. The van der Waals surface area contributed by atoms with Crippen molar-refractivity contribution in [2.24, 2.45) is 5.92 Å². The average molecular weight is 521 g/mol. The number of ether oxygens (including phenoxy) is 1. The number of halogens is 1. The SMILES string of the molecule is CCc1oc2ccc(Nc3ncc(NC(=O)C4CCOCC4)c(=O)n3Cc3ccccc3Cl)cc2c1C. The van der Waals surface area contributed by atoms with E-state index in [1.165, 1.54) is 10.8 Å². The van der Waals surface area contributed by atoms with Crippen LogP contribution in [0.4, 0.5) is 17.3 Å². The molecule has 0 atom stereocenters. The van der Waals surface area contributed by atoms with Crippen molar-refractivity contribution in [1.82, 2.24) is 9.55 Å². The molecule has 2 N–H and O–H groups in total. The predicted octanol–water partition coefficient (Wildman–Crippen LogP) is 5.67. The zero-order valence-electron chi connectivity index (χ0n) is 20.8. The number of anilines is 3. The molecule has 1 saturated heterocycles. The normalized spacial score (nSPS) is 14.1. The third-order valence-corrected chi connectivity index (χ3v) is 7.16. The van der Waals surface area contributed by atoms with Crippen molar-refractivity contribution in [2.45, 2.75) is 39.7 Å². The van der Waals surface area contributed by atoms with Crippen molar-refractivity contribution >= 4 is 45.8 Å². The molecule has 37 heavy (non-hydrogen) atoms. The summed E-state index contributed by atoms with van der Waals surface area (Å²) in [6.07, 6.45) is 3.47. The van der Waals surface area contributed by atoms with Gasteiger partial charge in [0.1, 0.15) is 17.0 Å². The first-order valence-electron chi connectivity index (χ1n) is 12.5. The maximum atomic E-state index is 13.6. The van der Waals surface area contributed by atoms with Crippen LogP contribution >= 0.6 is 11.6 Å². The van der Waals surface area contributed by atoms with Gasteiger partial charge in [-0.1, -0.05) is 36.7 Å². The second-order valence-electron chi connectivity index (χ2n) is 9.19. The van der Waals surface area contributed by atoms with Crippen LogP contribution in [0.1, 0.15) is 36.7 Å². The summed E-state index contributed by atoms with van der Waals surface area (Å²) >= 11 is 6.42. The molecule has 192 valence electrons. The maximum Gasteiger partial charge on any atom is 0.279 e. The van der Waals surface area contributed by atoms with Crippen molar-refractivity contribution in [3.05, 3.63) is 80.9 Å². The van der Waals surface area contributed by atoms with E-state index in [-0.39, 0.29) is 29.6 Å². The number of aromatic nitrogens is 2. The Hall–Kier alpha value is -3.62. The monoisotopic (exact) mass is 520 g/mol. The Morgan fingerprint density at radius 1 is 1.19 bits per heavy atom. The molecular formula is C28H29ClN4O4. The highest BCUT2D eigenvalue weighted by atomic mass is 35.5. The van der Waals surface area contributed by atoms with Gasteiger partial charge in [-0.2, -0.15) is 0 Å². The van der Waals surface area contributed by atoms with Crippen LogP contribution in [0.25, 0.3) is 11.0 Å². The van der Waals surface area contributed by atoms with Crippen molar-refractivity contribution in [1.29, 1.82) is 0 Å². The fourth-order valence-electron chi connectivity index (χ4n) is 4.63. The van der Waals surface area contributed by atoms with Crippen LogP contribution in [0.2, 0.25) is 5.02 Å². The summed E-state index contributed by atoms with van der Waals surface area (Å²) in [5, 5.41) is 7.61. The number of carbonyl (C=O) groups excluding carboxylic acids is 1. The molecule has 8 nitrogen and oxygen atoms in total. The van der Waals surface area contributed by atoms with Gasteiger partial charge in [0.2, 0.25) is 11.9 Å². The Morgan fingerprint density at radius 3 is 2.73 bits per heavy atom. The molecule has 0 aliphatic carbocycles. The first-order chi connectivity index (χ1) is 17.9. The molecule has 0 saturated carbocycles. The molecule has 1 amide bonds. The number of hydrogen-bond donors (Lipinski definition) is 2. The quantitative estimate of drug-likeness (QED) is 0.326. The molecule has 0 radical (unpaired) electrons. The number of aryl methyl sites for hydroxylation is 2. The Balaban J connectivity index is 1.50. The fourth-order valence-corrected chi connectivity index (χ4v) is 4.83. The summed E-state index contributed by atoms with van der Waals surface area (Å²) in [6.45, 7) is 5.35. The van der Waals surface area contributed by atoms with Gasteiger partial charge in [0.25, 0.3) is 5.56 Å². The van der Waals surface area contributed by atoms with Gasteiger partial charge in [0.15, 0.2) is 0 Å². The lowest BCUT2D eigenvalue weighted by Gasteiger charge is -2.21. The second kappa shape index (κ2) is 10.8. The van der Waals surface area contributed by atoms with Gasteiger partial charge >= 0.3 is 0 Å². The van der Waals surface area contributed by atoms with Crippen LogP contribution < -0.4 is 16.2 Å². The highest BCUT2D eigenvalue weighted by molar-refractivity contribution is 6.31. The van der Waals surface area contributed by atoms with Gasteiger partial charge in [-0.25, -0.2) is 4.98 Å². The van der Waals surface area contributed by atoms with E-state index in [9.17, 15) is 9.59 Å². The fraction of sp³-hybridized carbons (Fsp3) is 0.321. The van der Waals surface area contributed by atoms with Crippen molar-refractivity contribution in [3.8, 4) is 0 Å². The van der Waals surface area contributed by atoms with E-state index in [1.54, 1.807) is 6.07 Å². The van der Waals surface area contributed by atoms with Crippen LogP contribution in [-0.4, -0.2) is 28.7 Å². The van der Waals surface area contributed by atoms with E-state index in [0.717, 1.165) is 40.0 Å². The molecule has 2 aromatic heterocycles. The van der Waals surface area contributed by atoms with E-state index < -0.39 is 0 Å². The Bertz CT molecular complexity index is 1500. The number of nitrogens with one attached hydrogen (secondary N) is 2. The van der Waals surface area contributed by atoms with Crippen LogP contribution in [0, 0.1) is 12.8 Å². The second-order valence-corrected chi connectivity index (χ2v) is 9.60. The summed E-state index contributed by atoms with van der Waals surface area (Å²) in [6, 6.07) is 13.1. The molecule has 3 heterocycles. The average Bonchev–Trinajstić information content (AvgIpc) is 3.24. The number of furan rings is 1. The van der Waals surface area contributed by atoms with Crippen LogP contribution in [0.15, 0.2) is 57.9 Å². The molecule has 9 heteroatoms. The minimum atomic E-state index is -0.369. The topological polar surface area (TPSA) is 98.4 Å². The maximum absolute atomic E-state index is 13.6. The van der Waals surface area contributed by atoms with E-state index in [2.05, 4.69) is 22.5 Å². The molecule has 0 unspecified atom stereocenters. The summed E-state index contributed by atoms with van der Waals surface area (Å²) in [5.74, 6) is 0.899. The van der Waals surface area contributed by atoms with Crippen molar-refractivity contribution in [2.75, 3.05) is 23.8 Å². The van der Waals surface area contributed by atoms with Crippen LogP contribution in [-0.2, 0) is 22.5 Å². The van der Waals surface area contributed by atoms with Gasteiger partial charge in [0, 0.05) is 41.6 Å². The smallest absolute Gasteiger partial charge is 0.279 e. The number of amides is 1. The number of benzene rings is 2. The molecule has 5 rings (SSSR count). The zero-order chi connectivity index (χ0) is 25.9. The number of nitrogens with zero attached hydrogens (tertiary/aromatic N) is 2. The third kappa shape index (κ3) is 5.26. The van der Waals surface area contributed by atoms with E-state index in [0.29, 0.717) is 37.0 Å². The molecule has 2 aromatic carbocycles. The van der Waals surface area contributed by atoms with E-state index in [4.69, 9.17) is 20.8 Å². The lowest BCUT2D eigenvalue weighted by molar-refractivity contribution is -0.122. The van der Waals surface area contributed by atoms with E-state index in [1.807, 2.05) is 43.3 Å². The Morgan fingerprint density at radius 2 is 1.97 bits per heavy atom. The van der Waals surface area contributed by atoms with Crippen molar-refractivity contribution in [3.63, 3.8) is 0 Å². The minimum absolute atomic E-state index is 0.128. The molecule has 0 bridgehead atoms. The van der Waals surface area contributed by atoms with Gasteiger partial charge in [-0.15, -0.1) is 0 Å². The lowest BCUT2D eigenvalue weighted by atomic mass is 9.99.